The number of ether oxygens (including phenoxy) is 2. The van der Waals surface area contributed by atoms with Crippen molar-refractivity contribution in [2.75, 3.05) is 38.6 Å². The van der Waals surface area contributed by atoms with Crippen molar-refractivity contribution in [3.63, 3.8) is 0 Å². The molecule has 0 bridgehead atoms. The summed E-state index contributed by atoms with van der Waals surface area (Å²) in [4.78, 5) is 6.88. The molecule has 0 amide bonds. The van der Waals surface area contributed by atoms with Crippen molar-refractivity contribution in [3.8, 4) is 17.0 Å². The van der Waals surface area contributed by atoms with Crippen molar-refractivity contribution in [1.82, 2.24) is 19.7 Å². The molecule has 0 unspecified atom stereocenters. The predicted molar refractivity (Wildman–Crippen MR) is 110 cm³/mol. The highest BCUT2D eigenvalue weighted by Gasteiger charge is 2.31. The van der Waals surface area contributed by atoms with E-state index in [9.17, 15) is 0 Å². The lowest BCUT2D eigenvalue weighted by molar-refractivity contribution is -0.0714. The molecule has 152 valence electrons. The Labute approximate surface area is 166 Å². The summed E-state index contributed by atoms with van der Waals surface area (Å²) in [5, 5.41) is 4.91. The van der Waals surface area contributed by atoms with E-state index in [2.05, 4.69) is 34.5 Å². The fourth-order valence-corrected chi connectivity index (χ4v) is 4.13. The second-order valence-electron chi connectivity index (χ2n) is 8.03. The Morgan fingerprint density at radius 1 is 1.25 bits per heavy atom. The number of hydrogen-bond donors (Lipinski definition) is 1. The molecule has 0 spiro atoms. The Balaban J connectivity index is 1.57. The Morgan fingerprint density at radius 2 is 2.00 bits per heavy atom. The van der Waals surface area contributed by atoms with E-state index < -0.39 is 0 Å². The van der Waals surface area contributed by atoms with Gasteiger partial charge >= 0.3 is 0 Å². The highest BCUT2D eigenvalue weighted by Crippen LogP contribution is 2.34. The first-order valence-corrected chi connectivity index (χ1v) is 10.4. The van der Waals surface area contributed by atoms with E-state index in [0.717, 1.165) is 37.6 Å². The molecular weight excluding hydrogens is 354 g/mol. The molecule has 0 radical (unpaired) electrons. The average molecular weight is 386 g/mol. The third-order valence-corrected chi connectivity index (χ3v) is 5.82. The van der Waals surface area contributed by atoms with Crippen molar-refractivity contribution in [2.45, 2.75) is 51.6 Å². The smallest absolute Gasteiger partial charge is 0.166 e. The molecule has 2 aromatic rings. The number of nitrogens with two attached hydrogens (primary N) is 1. The molecule has 7 heteroatoms. The van der Waals surface area contributed by atoms with E-state index >= 15 is 0 Å². The van der Waals surface area contributed by atoms with Crippen LogP contribution in [-0.4, -0.2) is 58.6 Å². The Morgan fingerprint density at radius 3 is 2.61 bits per heavy atom. The van der Waals surface area contributed by atoms with Gasteiger partial charge in [0, 0.05) is 29.4 Å². The molecule has 0 aromatic carbocycles. The van der Waals surface area contributed by atoms with Crippen LogP contribution in [0.15, 0.2) is 18.3 Å². The van der Waals surface area contributed by atoms with Crippen LogP contribution in [-0.2, 0) is 4.74 Å². The lowest BCUT2D eigenvalue weighted by atomic mass is 9.91. The number of piperidine rings is 1. The van der Waals surface area contributed by atoms with Crippen LogP contribution in [0.25, 0.3) is 11.3 Å². The Bertz CT molecular complexity index is 807. The van der Waals surface area contributed by atoms with Crippen LogP contribution >= 0.6 is 0 Å². The first-order valence-electron chi connectivity index (χ1n) is 10.4. The summed E-state index contributed by atoms with van der Waals surface area (Å²) in [6, 6.07) is 5.12. The quantitative estimate of drug-likeness (QED) is 0.823. The molecule has 2 saturated heterocycles. The molecule has 4 heterocycles. The molecule has 0 atom stereocenters. The van der Waals surface area contributed by atoms with Crippen LogP contribution in [0, 0.1) is 0 Å². The van der Waals surface area contributed by atoms with Crippen LogP contribution in [0.2, 0.25) is 0 Å². The minimum Gasteiger partial charge on any atom is -0.490 e. The fraction of sp³-hybridized carbons (Fsp3) is 0.619. The van der Waals surface area contributed by atoms with Gasteiger partial charge in [0.15, 0.2) is 11.6 Å². The van der Waals surface area contributed by atoms with Gasteiger partial charge in [0.05, 0.1) is 31.6 Å². The van der Waals surface area contributed by atoms with Gasteiger partial charge in [-0.1, -0.05) is 0 Å². The van der Waals surface area contributed by atoms with Crippen LogP contribution < -0.4 is 10.5 Å². The number of hydrogen-bond acceptors (Lipinski definition) is 6. The summed E-state index contributed by atoms with van der Waals surface area (Å²) in [6.45, 7) is 10.9. The Hall–Kier alpha value is -2.12. The normalized spacial score (nSPS) is 19.1. The molecule has 2 N–H and O–H groups in total. The third kappa shape index (κ3) is 3.73. The van der Waals surface area contributed by atoms with Gasteiger partial charge in [-0.2, -0.15) is 5.10 Å². The molecule has 2 aromatic heterocycles. The zero-order valence-electron chi connectivity index (χ0n) is 17.1. The van der Waals surface area contributed by atoms with Gasteiger partial charge in [0.25, 0.3) is 0 Å². The monoisotopic (exact) mass is 385 g/mol. The third-order valence-electron chi connectivity index (χ3n) is 5.82. The average Bonchev–Trinajstić information content (AvgIpc) is 3.09. The summed E-state index contributed by atoms with van der Waals surface area (Å²) in [6.07, 6.45) is 4.12. The Kier molecular flexibility index (Phi) is 5.55. The van der Waals surface area contributed by atoms with Gasteiger partial charge in [-0.25, -0.2) is 4.98 Å². The highest BCUT2D eigenvalue weighted by molar-refractivity contribution is 5.64. The van der Waals surface area contributed by atoms with Gasteiger partial charge in [0.1, 0.15) is 0 Å². The van der Waals surface area contributed by atoms with Crippen molar-refractivity contribution in [1.29, 1.82) is 0 Å². The number of likely N-dealkylation sites (tertiary alicyclic amines) is 1. The predicted octanol–water partition coefficient (Wildman–Crippen LogP) is 3.09. The molecule has 0 saturated carbocycles. The minimum atomic E-state index is 0.315. The van der Waals surface area contributed by atoms with Gasteiger partial charge < -0.3 is 15.2 Å². The number of anilines is 1. The molecule has 2 fully saturated rings. The summed E-state index contributed by atoms with van der Waals surface area (Å²) < 4.78 is 13.1. The van der Waals surface area contributed by atoms with Crippen molar-refractivity contribution < 1.29 is 9.47 Å². The van der Waals surface area contributed by atoms with Crippen LogP contribution in [0.5, 0.6) is 5.75 Å². The highest BCUT2D eigenvalue weighted by atomic mass is 16.5. The summed E-state index contributed by atoms with van der Waals surface area (Å²) >= 11 is 0. The van der Waals surface area contributed by atoms with Crippen molar-refractivity contribution in [3.05, 3.63) is 24.0 Å². The minimum absolute atomic E-state index is 0.315. The standard InChI is InChI=1S/C21H31N5O2/c1-4-28-20-9-16(11-23-21(20)22)18-10-19(26(24-18)14(2)3)15-5-7-25(8-6-15)17-12-27-13-17/h9-11,14-15,17H,4-8,12-13H2,1-3H3,(H2,22,23). The zero-order valence-corrected chi connectivity index (χ0v) is 17.1. The lowest BCUT2D eigenvalue weighted by Gasteiger charge is -2.41. The number of nitrogens with zero attached hydrogens (tertiary/aromatic N) is 4. The summed E-state index contributed by atoms with van der Waals surface area (Å²) in [5.74, 6) is 1.58. The van der Waals surface area contributed by atoms with Gasteiger partial charge in [-0.05, 0) is 58.8 Å². The number of pyridine rings is 1. The van der Waals surface area contributed by atoms with E-state index in [1.165, 1.54) is 18.5 Å². The largest absolute Gasteiger partial charge is 0.490 e. The lowest BCUT2D eigenvalue weighted by Crippen LogP contribution is -2.51. The van der Waals surface area contributed by atoms with E-state index in [4.69, 9.17) is 20.3 Å². The maximum absolute atomic E-state index is 5.93. The number of nitrogen functional groups attached to an aromatic ring is 1. The summed E-state index contributed by atoms with van der Waals surface area (Å²) in [7, 11) is 0. The van der Waals surface area contributed by atoms with Crippen LogP contribution in [0.1, 0.15) is 51.3 Å². The fourth-order valence-electron chi connectivity index (χ4n) is 4.13. The number of rotatable bonds is 6. The summed E-state index contributed by atoms with van der Waals surface area (Å²) in [5.41, 5.74) is 9.14. The molecule has 2 aliphatic heterocycles. The second kappa shape index (κ2) is 8.09. The van der Waals surface area contributed by atoms with E-state index in [-0.39, 0.29) is 0 Å². The molecule has 28 heavy (non-hydrogen) atoms. The van der Waals surface area contributed by atoms with Gasteiger partial charge in [-0.3, -0.25) is 9.58 Å². The second-order valence-corrected chi connectivity index (χ2v) is 8.03. The molecule has 4 rings (SSSR count). The van der Waals surface area contributed by atoms with Crippen molar-refractivity contribution in [2.24, 2.45) is 0 Å². The van der Waals surface area contributed by atoms with Gasteiger partial charge in [0.2, 0.25) is 0 Å². The maximum Gasteiger partial charge on any atom is 0.166 e. The number of aromatic nitrogens is 3. The molecular formula is C21H31N5O2. The maximum atomic E-state index is 5.93. The molecule has 0 aliphatic carbocycles. The van der Waals surface area contributed by atoms with Crippen LogP contribution in [0.3, 0.4) is 0 Å². The van der Waals surface area contributed by atoms with Crippen LogP contribution in [0.4, 0.5) is 5.82 Å². The zero-order chi connectivity index (χ0) is 19.7. The van der Waals surface area contributed by atoms with Crippen molar-refractivity contribution >= 4 is 5.82 Å². The molecule has 2 aliphatic rings. The van der Waals surface area contributed by atoms with Gasteiger partial charge in [-0.15, -0.1) is 0 Å². The van der Waals surface area contributed by atoms with E-state index in [0.29, 0.717) is 36.2 Å². The van der Waals surface area contributed by atoms with E-state index in [1.54, 1.807) is 6.20 Å². The SMILES string of the molecule is CCOc1cc(-c2cc(C3CCN(C4COC4)CC3)n(C(C)C)n2)cnc1N. The van der Waals surface area contributed by atoms with E-state index in [1.807, 2.05) is 13.0 Å². The first kappa shape index (κ1) is 19.2. The topological polar surface area (TPSA) is 78.4 Å². The molecule has 7 nitrogen and oxygen atoms in total. The first-order chi connectivity index (χ1) is 13.6.